The smallest absolute Gasteiger partial charge is 0.0656 e. The van der Waals surface area contributed by atoms with E-state index in [9.17, 15) is 0 Å². The SMILES string of the molecule is Cn1c(-c2cc3ccccc3n2C)cc2ccccc21. The topological polar surface area (TPSA) is 9.86 Å². The van der Waals surface area contributed by atoms with Crippen LogP contribution in [0.2, 0.25) is 0 Å². The summed E-state index contributed by atoms with van der Waals surface area (Å²) in [6.07, 6.45) is 0. The van der Waals surface area contributed by atoms with Crippen molar-refractivity contribution in [2.75, 3.05) is 0 Å². The molecule has 4 rings (SSSR count). The van der Waals surface area contributed by atoms with Gasteiger partial charge in [-0.05, 0) is 24.3 Å². The Kier molecular flexibility index (Phi) is 2.27. The molecule has 2 aromatic heterocycles. The van der Waals surface area contributed by atoms with Crippen LogP contribution in [-0.4, -0.2) is 9.13 Å². The Morgan fingerprint density at radius 2 is 1.00 bits per heavy atom. The highest BCUT2D eigenvalue weighted by atomic mass is 15.0. The number of aromatic nitrogens is 2. The molecule has 0 bridgehead atoms. The Balaban J connectivity index is 2.06. The van der Waals surface area contributed by atoms with Crippen LogP contribution in [0.5, 0.6) is 0 Å². The highest BCUT2D eigenvalue weighted by molar-refractivity contribution is 5.91. The number of nitrogens with zero attached hydrogens (tertiary/aromatic N) is 2. The first-order chi connectivity index (χ1) is 9.75. The molecule has 0 aliphatic rings. The first-order valence-electron chi connectivity index (χ1n) is 6.85. The molecule has 0 aliphatic heterocycles. The van der Waals surface area contributed by atoms with Gasteiger partial charge in [0.1, 0.15) is 0 Å². The molecule has 0 fully saturated rings. The van der Waals surface area contributed by atoms with Gasteiger partial charge >= 0.3 is 0 Å². The van der Waals surface area contributed by atoms with Crippen LogP contribution in [0.4, 0.5) is 0 Å². The summed E-state index contributed by atoms with van der Waals surface area (Å²) in [5, 5.41) is 2.57. The molecule has 4 aromatic rings. The number of para-hydroxylation sites is 2. The van der Waals surface area contributed by atoms with Crippen molar-refractivity contribution in [3.63, 3.8) is 0 Å². The highest BCUT2D eigenvalue weighted by Gasteiger charge is 2.12. The van der Waals surface area contributed by atoms with Crippen molar-refractivity contribution in [2.24, 2.45) is 14.1 Å². The van der Waals surface area contributed by atoms with Crippen molar-refractivity contribution in [1.82, 2.24) is 9.13 Å². The molecule has 2 nitrogen and oxygen atoms in total. The van der Waals surface area contributed by atoms with Crippen molar-refractivity contribution in [1.29, 1.82) is 0 Å². The van der Waals surface area contributed by atoms with Crippen LogP contribution in [0.1, 0.15) is 0 Å². The largest absolute Gasteiger partial charge is 0.342 e. The van der Waals surface area contributed by atoms with Crippen LogP contribution in [0, 0.1) is 0 Å². The predicted octanol–water partition coefficient (Wildman–Crippen LogP) is 4.34. The van der Waals surface area contributed by atoms with Gasteiger partial charge in [0.25, 0.3) is 0 Å². The molecule has 0 radical (unpaired) electrons. The van der Waals surface area contributed by atoms with E-state index >= 15 is 0 Å². The zero-order valence-corrected chi connectivity index (χ0v) is 11.7. The van der Waals surface area contributed by atoms with E-state index in [1.165, 1.54) is 33.2 Å². The lowest BCUT2D eigenvalue weighted by atomic mass is 10.2. The molecule has 0 spiro atoms. The van der Waals surface area contributed by atoms with Crippen LogP contribution < -0.4 is 0 Å². The monoisotopic (exact) mass is 260 g/mol. The normalized spacial score (nSPS) is 11.5. The summed E-state index contributed by atoms with van der Waals surface area (Å²) in [5.74, 6) is 0. The van der Waals surface area contributed by atoms with Gasteiger partial charge in [-0.15, -0.1) is 0 Å². The first-order valence-corrected chi connectivity index (χ1v) is 6.85. The van der Waals surface area contributed by atoms with E-state index in [2.05, 4.69) is 83.9 Å². The summed E-state index contributed by atoms with van der Waals surface area (Å²) in [4.78, 5) is 0. The Morgan fingerprint density at radius 1 is 0.600 bits per heavy atom. The van der Waals surface area contributed by atoms with E-state index in [1.807, 2.05) is 0 Å². The fourth-order valence-electron chi connectivity index (χ4n) is 3.07. The van der Waals surface area contributed by atoms with Gasteiger partial charge in [0.15, 0.2) is 0 Å². The van der Waals surface area contributed by atoms with Crippen LogP contribution in [0.25, 0.3) is 33.2 Å². The van der Waals surface area contributed by atoms with Gasteiger partial charge in [0, 0.05) is 35.9 Å². The Bertz CT molecular complexity index is 847. The third-order valence-corrected chi connectivity index (χ3v) is 4.17. The van der Waals surface area contributed by atoms with Crippen molar-refractivity contribution in [3.8, 4) is 11.4 Å². The van der Waals surface area contributed by atoms with Crippen molar-refractivity contribution in [2.45, 2.75) is 0 Å². The number of rotatable bonds is 1. The third kappa shape index (κ3) is 1.45. The molecular formula is C18H16N2. The Hall–Kier alpha value is -2.48. The minimum absolute atomic E-state index is 1.25. The lowest BCUT2D eigenvalue weighted by Crippen LogP contribution is -1.96. The summed E-state index contributed by atoms with van der Waals surface area (Å²) >= 11 is 0. The van der Waals surface area contributed by atoms with Crippen LogP contribution in [-0.2, 0) is 14.1 Å². The maximum absolute atomic E-state index is 2.27. The van der Waals surface area contributed by atoms with E-state index in [0.29, 0.717) is 0 Å². The van der Waals surface area contributed by atoms with E-state index in [4.69, 9.17) is 0 Å². The second kappa shape index (κ2) is 4.01. The van der Waals surface area contributed by atoms with Crippen molar-refractivity contribution < 1.29 is 0 Å². The fraction of sp³-hybridized carbons (Fsp3) is 0.111. The summed E-state index contributed by atoms with van der Waals surface area (Å²) in [5.41, 5.74) is 5.05. The predicted molar refractivity (Wildman–Crippen MR) is 84.8 cm³/mol. The molecular weight excluding hydrogens is 244 g/mol. The van der Waals surface area contributed by atoms with E-state index < -0.39 is 0 Å². The number of aryl methyl sites for hydroxylation is 2. The average Bonchev–Trinajstić information content (AvgIpc) is 2.98. The van der Waals surface area contributed by atoms with Gasteiger partial charge in [-0.2, -0.15) is 0 Å². The Labute approximate surface area is 117 Å². The first kappa shape index (κ1) is 11.4. The summed E-state index contributed by atoms with van der Waals surface area (Å²) in [7, 11) is 4.27. The number of fused-ring (bicyclic) bond motifs is 2. The number of benzene rings is 2. The quantitative estimate of drug-likeness (QED) is 0.482. The van der Waals surface area contributed by atoms with Gasteiger partial charge in [-0.3, -0.25) is 0 Å². The zero-order chi connectivity index (χ0) is 13.7. The second-order valence-corrected chi connectivity index (χ2v) is 5.29. The Morgan fingerprint density at radius 3 is 1.40 bits per heavy atom. The van der Waals surface area contributed by atoms with Crippen LogP contribution >= 0.6 is 0 Å². The number of hydrogen-bond donors (Lipinski definition) is 0. The van der Waals surface area contributed by atoms with E-state index in [-0.39, 0.29) is 0 Å². The van der Waals surface area contributed by atoms with E-state index in [1.54, 1.807) is 0 Å². The molecule has 0 amide bonds. The maximum Gasteiger partial charge on any atom is 0.0656 e. The molecule has 2 heteroatoms. The molecule has 2 heterocycles. The van der Waals surface area contributed by atoms with Crippen molar-refractivity contribution >= 4 is 21.8 Å². The molecule has 0 saturated carbocycles. The number of hydrogen-bond acceptors (Lipinski definition) is 0. The van der Waals surface area contributed by atoms with Crippen LogP contribution in [0.3, 0.4) is 0 Å². The highest BCUT2D eigenvalue weighted by Crippen LogP contribution is 2.31. The summed E-state index contributed by atoms with van der Waals surface area (Å²) in [6, 6.07) is 21.6. The molecule has 0 atom stereocenters. The molecule has 98 valence electrons. The standard InChI is InChI=1S/C18H16N2/c1-19-15-9-5-3-7-13(15)11-17(19)18-12-14-8-4-6-10-16(14)20(18)2/h3-12H,1-2H3. The van der Waals surface area contributed by atoms with Crippen LogP contribution in [0.15, 0.2) is 60.7 Å². The lowest BCUT2D eigenvalue weighted by molar-refractivity contribution is 0.923. The molecule has 0 unspecified atom stereocenters. The van der Waals surface area contributed by atoms with Gasteiger partial charge in [0.05, 0.1) is 11.4 Å². The lowest BCUT2D eigenvalue weighted by Gasteiger charge is -2.06. The minimum Gasteiger partial charge on any atom is -0.342 e. The molecule has 0 N–H and O–H groups in total. The van der Waals surface area contributed by atoms with Gasteiger partial charge in [-0.25, -0.2) is 0 Å². The minimum atomic E-state index is 1.25. The van der Waals surface area contributed by atoms with Gasteiger partial charge < -0.3 is 9.13 Å². The summed E-state index contributed by atoms with van der Waals surface area (Å²) in [6.45, 7) is 0. The molecule has 20 heavy (non-hydrogen) atoms. The molecule has 2 aromatic carbocycles. The van der Waals surface area contributed by atoms with E-state index in [0.717, 1.165) is 0 Å². The van der Waals surface area contributed by atoms with Gasteiger partial charge in [0.2, 0.25) is 0 Å². The zero-order valence-electron chi connectivity index (χ0n) is 11.7. The second-order valence-electron chi connectivity index (χ2n) is 5.29. The summed E-state index contributed by atoms with van der Waals surface area (Å²) < 4.78 is 4.53. The third-order valence-electron chi connectivity index (χ3n) is 4.17. The molecule has 0 aliphatic carbocycles. The van der Waals surface area contributed by atoms with Crippen molar-refractivity contribution in [3.05, 3.63) is 60.7 Å². The maximum atomic E-state index is 2.27. The van der Waals surface area contributed by atoms with Gasteiger partial charge in [-0.1, -0.05) is 36.4 Å². The fourth-order valence-corrected chi connectivity index (χ4v) is 3.07. The molecule has 0 saturated heterocycles. The average molecular weight is 260 g/mol.